The lowest BCUT2D eigenvalue weighted by Crippen LogP contribution is -2.00. The van der Waals surface area contributed by atoms with Gasteiger partial charge in [-0.1, -0.05) is 11.8 Å². The van der Waals surface area contributed by atoms with Crippen molar-refractivity contribution in [3.8, 4) is 0 Å². The van der Waals surface area contributed by atoms with Crippen LogP contribution in [0.3, 0.4) is 0 Å². The predicted octanol–water partition coefficient (Wildman–Crippen LogP) is 3.29. The summed E-state index contributed by atoms with van der Waals surface area (Å²) in [7, 11) is 0. The number of pyridine rings is 1. The zero-order valence-corrected chi connectivity index (χ0v) is 11.6. The van der Waals surface area contributed by atoms with Crippen LogP contribution < -0.4 is 0 Å². The van der Waals surface area contributed by atoms with Crippen molar-refractivity contribution in [3.63, 3.8) is 0 Å². The van der Waals surface area contributed by atoms with Crippen LogP contribution in [0, 0.1) is 22.9 Å². The number of carboxylic acids is 1. The Balaban J connectivity index is 2.30. The van der Waals surface area contributed by atoms with E-state index in [4.69, 9.17) is 5.11 Å². The Labute approximate surface area is 122 Å². The molecule has 0 unspecified atom stereocenters. The maximum Gasteiger partial charge on any atom is 0.338 e. The highest BCUT2D eigenvalue weighted by molar-refractivity contribution is 7.99. The van der Waals surface area contributed by atoms with Crippen molar-refractivity contribution in [2.45, 2.75) is 16.8 Å². The normalized spacial score (nSPS) is 10.4. The minimum absolute atomic E-state index is 0.0929. The fourth-order valence-corrected chi connectivity index (χ4v) is 2.52. The number of carbonyl (C=O) groups is 1. The molecule has 2 aromatic rings. The van der Waals surface area contributed by atoms with Gasteiger partial charge in [-0.3, -0.25) is 10.1 Å². The molecule has 6 nitrogen and oxygen atoms in total. The smallest absolute Gasteiger partial charge is 0.338 e. The number of hydrogen-bond donors (Lipinski definition) is 1. The first-order valence-electron chi connectivity index (χ1n) is 5.70. The number of aryl methyl sites for hydroxylation is 1. The van der Waals surface area contributed by atoms with Crippen LogP contribution >= 0.6 is 11.8 Å². The second-order valence-electron chi connectivity index (χ2n) is 4.12. The Morgan fingerprint density at radius 2 is 2.14 bits per heavy atom. The standard InChI is InChI=1S/C13H9FN2O4S/c1-7-4-12(15-6-11(7)16(19)20)21-8-2-3-10(14)9(5-8)13(17)18/h2-6H,1H3,(H,17,18). The highest BCUT2D eigenvalue weighted by atomic mass is 32.2. The monoisotopic (exact) mass is 308 g/mol. The molecule has 0 radical (unpaired) electrons. The highest BCUT2D eigenvalue weighted by Gasteiger charge is 2.14. The third-order valence-electron chi connectivity index (χ3n) is 2.65. The molecule has 1 aromatic heterocycles. The molecule has 0 bridgehead atoms. The lowest BCUT2D eigenvalue weighted by atomic mass is 10.2. The number of carboxylic acid groups (broad SMARTS) is 1. The molecule has 21 heavy (non-hydrogen) atoms. The van der Waals surface area contributed by atoms with Gasteiger partial charge in [-0.2, -0.15) is 0 Å². The molecule has 0 fully saturated rings. The van der Waals surface area contributed by atoms with Gasteiger partial charge < -0.3 is 5.11 Å². The van der Waals surface area contributed by atoms with Gasteiger partial charge in [0.05, 0.1) is 10.5 Å². The van der Waals surface area contributed by atoms with Gasteiger partial charge in [0.1, 0.15) is 17.0 Å². The number of rotatable bonds is 4. The Morgan fingerprint density at radius 1 is 1.43 bits per heavy atom. The summed E-state index contributed by atoms with van der Waals surface area (Å²) in [6.45, 7) is 1.58. The maximum atomic E-state index is 13.3. The molecule has 8 heteroatoms. The summed E-state index contributed by atoms with van der Waals surface area (Å²) in [5, 5.41) is 20.0. The highest BCUT2D eigenvalue weighted by Crippen LogP contribution is 2.30. The van der Waals surface area contributed by atoms with E-state index in [2.05, 4.69) is 4.98 Å². The first kappa shape index (κ1) is 14.9. The number of hydrogen-bond acceptors (Lipinski definition) is 5. The van der Waals surface area contributed by atoms with E-state index in [0.29, 0.717) is 15.5 Å². The number of nitrogens with zero attached hydrogens (tertiary/aromatic N) is 2. The van der Waals surface area contributed by atoms with Crippen LogP contribution in [0.4, 0.5) is 10.1 Å². The number of benzene rings is 1. The van der Waals surface area contributed by atoms with Gasteiger partial charge >= 0.3 is 5.97 Å². The Hall–Kier alpha value is -2.48. The SMILES string of the molecule is Cc1cc(Sc2ccc(F)c(C(=O)O)c2)ncc1[N+](=O)[O-]. The van der Waals surface area contributed by atoms with Crippen molar-refractivity contribution in [1.29, 1.82) is 0 Å². The first-order valence-corrected chi connectivity index (χ1v) is 6.52. The van der Waals surface area contributed by atoms with Crippen LogP contribution in [0.15, 0.2) is 40.4 Å². The lowest BCUT2D eigenvalue weighted by molar-refractivity contribution is -0.385. The molecule has 0 spiro atoms. The molecule has 0 saturated carbocycles. The second kappa shape index (κ2) is 5.88. The summed E-state index contributed by atoms with van der Waals surface area (Å²) >= 11 is 1.10. The summed E-state index contributed by atoms with van der Waals surface area (Å²) in [6, 6.07) is 5.20. The third kappa shape index (κ3) is 3.34. The van der Waals surface area contributed by atoms with E-state index in [1.165, 1.54) is 18.2 Å². The lowest BCUT2D eigenvalue weighted by Gasteiger charge is -2.04. The van der Waals surface area contributed by atoms with Crippen LogP contribution in [0.1, 0.15) is 15.9 Å². The summed E-state index contributed by atoms with van der Waals surface area (Å²) in [4.78, 5) is 25.4. The predicted molar refractivity (Wildman–Crippen MR) is 73.1 cm³/mol. The van der Waals surface area contributed by atoms with Gasteiger partial charge in [0, 0.05) is 10.5 Å². The molecule has 0 aliphatic carbocycles. The van der Waals surface area contributed by atoms with Crippen molar-refractivity contribution >= 4 is 23.4 Å². The van der Waals surface area contributed by atoms with Gasteiger partial charge in [-0.25, -0.2) is 14.2 Å². The van der Waals surface area contributed by atoms with Crippen LogP contribution in [0.25, 0.3) is 0 Å². The van der Waals surface area contributed by atoms with Crippen LogP contribution in [-0.2, 0) is 0 Å². The molecule has 0 aliphatic rings. The van der Waals surface area contributed by atoms with Crippen molar-refractivity contribution in [2.24, 2.45) is 0 Å². The Bertz CT molecular complexity index is 736. The molecular formula is C13H9FN2O4S. The van der Waals surface area contributed by atoms with E-state index in [-0.39, 0.29) is 5.69 Å². The third-order valence-corrected chi connectivity index (χ3v) is 3.57. The number of aromatic carboxylic acids is 1. The molecule has 1 heterocycles. The van der Waals surface area contributed by atoms with Gasteiger partial charge in [-0.05, 0) is 31.2 Å². The molecule has 108 valence electrons. The van der Waals surface area contributed by atoms with E-state index in [1.54, 1.807) is 6.92 Å². The summed E-state index contributed by atoms with van der Waals surface area (Å²) in [5.41, 5.74) is -0.0821. The molecule has 1 aromatic carbocycles. The molecule has 0 saturated heterocycles. The van der Waals surface area contributed by atoms with Crippen molar-refractivity contribution in [2.75, 3.05) is 0 Å². The van der Waals surface area contributed by atoms with Crippen LogP contribution in [-0.4, -0.2) is 21.0 Å². The maximum absolute atomic E-state index is 13.3. The zero-order chi connectivity index (χ0) is 15.6. The first-order chi connectivity index (χ1) is 9.88. The Kier molecular flexibility index (Phi) is 4.18. The topological polar surface area (TPSA) is 93.3 Å². The summed E-state index contributed by atoms with van der Waals surface area (Å²) in [6.07, 6.45) is 1.14. The van der Waals surface area contributed by atoms with E-state index in [1.807, 2.05) is 0 Å². The minimum atomic E-state index is -1.36. The van der Waals surface area contributed by atoms with Crippen molar-refractivity contribution < 1.29 is 19.2 Å². The van der Waals surface area contributed by atoms with Crippen molar-refractivity contribution in [3.05, 3.63) is 57.5 Å². The number of nitro groups is 1. The second-order valence-corrected chi connectivity index (χ2v) is 5.21. The minimum Gasteiger partial charge on any atom is -0.478 e. The van der Waals surface area contributed by atoms with E-state index < -0.39 is 22.3 Å². The van der Waals surface area contributed by atoms with Gasteiger partial charge in [0.2, 0.25) is 0 Å². The molecule has 2 rings (SSSR count). The quantitative estimate of drug-likeness (QED) is 0.688. The van der Waals surface area contributed by atoms with Crippen LogP contribution in [0.5, 0.6) is 0 Å². The summed E-state index contributed by atoms with van der Waals surface area (Å²) < 4.78 is 13.3. The largest absolute Gasteiger partial charge is 0.478 e. The fourth-order valence-electron chi connectivity index (χ4n) is 1.62. The molecule has 0 atom stereocenters. The Morgan fingerprint density at radius 3 is 2.71 bits per heavy atom. The average molecular weight is 308 g/mol. The van der Waals surface area contributed by atoms with Gasteiger partial charge in [-0.15, -0.1) is 0 Å². The molecule has 1 N–H and O–H groups in total. The summed E-state index contributed by atoms with van der Waals surface area (Å²) in [5.74, 6) is -2.18. The van der Waals surface area contributed by atoms with Crippen LogP contribution in [0.2, 0.25) is 0 Å². The zero-order valence-electron chi connectivity index (χ0n) is 10.7. The van der Waals surface area contributed by atoms with Crippen molar-refractivity contribution in [1.82, 2.24) is 4.98 Å². The molecule has 0 amide bonds. The van der Waals surface area contributed by atoms with Gasteiger partial charge in [0.15, 0.2) is 0 Å². The molecule has 0 aliphatic heterocycles. The average Bonchev–Trinajstić information content (AvgIpc) is 2.40. The van der Waals surface area contributed by atoms with E-state index in [9.17, 15) is 19.3 Å². The number of aromatic nitrogens is 1. The number of halogens is 1. The van der Waals surface area contributed by atoms with E-state index >= 15 is 0 Å². The van der Waals surface area contributed by atoms with Gasteiger partial charge in [0.25, 0.3) is 5.69 Å². The fraction of sp³-hybridized carbons (Fsp3) is 0.0769. The molecular weight excluding hydrogens is 299 g/mol. The van der Waals surface area contributed by atoms with E-state index in [0.717, 1.165) is 24.0 Å².